The van der Waals surface area contributed by atoms with Crippen LogP contribution in [0.2, 0.25) is 0 Å². The van der Waals surface area contributed by atoms with Crippen molar-refractivity contribution in [2.45, 2.75) is 25.9 Å². The minimum Gasteiger partial charge on any atom is -0.504 e. The molecule has 28 heavy (non-hydrogen) atoms. The zero-order valence-corrected chi connectivity index (χ0v) is 15.6. The molecular formula is C22H21N3O3. The van der Waals surface area contributed by atoms with Gasteiger partial charge in [0.2, 0.25) is 0 Å². The average Bonchev–Trinajstić information content (AvgIpc) is 3.20. The van der Waals surface area contributed by atoms with Crippen LogP contribution < -0.4 is 0 Å². The summed E-state index contributed by atoms with van der Waals surface area (Å²) in [6, 6.07) is 16.6. The molecule has 0 radical (unpaired) electrons. The van der Waals surface area contributed by atoms with Gasteiger partial charge in [-0.3, -0.25) is 4.68 Å². The van der Waals surface area contributed by atoms with E-state index in [-0.39, 0.29) is 17.8 Å². The van der Waals surface area contributed by atoms with Crippen molar-refractivity contribution in [3.05, 3.63) is 71.0 Å². The van der Waals surface area contributed by atoms with Crippen molar-refractivity contribution < 1.29 is 14.6 Å². The molecule has 6 nitrogen and oxygen atoms in total. The highest BCUT2D eigenvalue weighted by molar-refractivity contribution is 5.79. The Bertz CT molecular complexity index is 1030. The quantitative estimate of drug-likeness (QED) is 0.742. The zero-order valence-electron chi connectivity index (χ0n) is 15.6. The number of ether oxygens (including phenoxy) is 1. The third-order valence-electron chi connectivity index (χ3n) is 5.71. The fourth-order valence-electron chi connectivity index (χ4n) is 4.28. The van der Waals surface area contributed by atoms with Gasteiger partial charge in [0, 0.05) is 12.5 Å². The fraction of sp³-hybridized carbons (Fsp3) is 0.273. The predicted molar refractivity (Wildman–Crippen MR) is 104 cm³/mol. The molecule has 1 N–H and O–H groups in total. The lowest BCUT2D eigenvalue weighted by Gasteiger charge is -2.27. The van der Waals surface area contributed by atoms with E-state index in [2.05, 4.69) is 29.4 Å². The third-order valence-corrected chi connectivity index (χ3v) is 5.71. The lowest BCUT2D eigenvalue weighted by molar-refractivity contribution is 0.0888. The highest BCUT2D eigenvalue weighted by atomic mass is 16.6. The first-order valence-electron chi connectivity index (χ1n) is 9.48. The minimum atomic E-state index is -0.355. The molecule has 2 aliphatic rings. The van der Waals surface area contributed by atoms with Crippen LogP contribution in [0.15, 0.2) is 48.5 Å². The van der Waals surface area contributed by atoms with Gasteiger partial charge in [0.1, 0.15) is 18.0 Å². The van der Waals surface area contributed by atoms with Gasteiger partial charge in [0.25, 0.3) is 0 Å². The van der Waals surface area contributed by atoms with E-state index in [0.29, 0.717) is 37.6 Å². The standard InChI is InChI=1S/C22H21N3O3/c1-14-21(26)20-12-24(10-11-25(20)23-14)22(27)28-13-19-17-8-4-2-6-15(17)16-7-3-5-9-18(16)19/h2-9,19,26H,10-13H2,1H3. The summed E-state index contributed by atoms with van der Waals surface area (Å²) in [5.74, 6) is 0.207. The van der Waals surface area contributed by atoms with Crippen LogP contribution in [0.25, 0.3) is 11.1 Å². The van der Waals surface area contributed by atoms with Gasteiger partial charge in [0.05, 0.1) is 13.1 Å². The molecule has 0 atom stereocenters. The van der Waals surface area contributed by atoms with E-state index in [9.17, 15) is 9.90 Å². The topological polar surface area (TPSA) is 67.6 Å². The minimum absolute atomic E-state index is 0.0438. The first-order valence-corrected chi connectivity index (χ1v) is 9.48. The zero-order chi connectivity index (χ0) is 19.3. The van der Waals surface area contributed by atoms with Gasteiger partial charge < -0.3 is 14.7 Å². The number of hydrogen-bond donors (Lipinski definition) is 1. The smallest absolute Gasteiger partial charge is 0.410 e. The number of carbonyl (C=O) groups excluding carboxylic acids is 1. The van der Waals surface area contributed by atoms with Gasteiger partial charge in [-0.1, -0.05) is 48.5 Å². The van der Waals surface area contributed by atoms with E-state index in [0.717, 1.165) is 0 Å². The van der Waals surface area contributed by atoms with Crippen molar-refractivity contribution in [3.8, 4) is 16.9 Å². The Morgan fingerprint density at radius 3 is 2.43 bits per heavy atom. The second-order valence-corrected chi connectivity index (χ2v) is 7.33. The Balaban J connectivity index is 1.33. The Hall–Kier alpha value is -3.28. The van der Waals surface area contributed by atoms with Gasteiger partial charge in [-0.2, -0.15) is 5.10 Å². The molecule has 142 valence electrons. The summed E-state index contributed by atoms with van der Waals surface area (Å²) in [6.45, 7) is 3.44. The molecule has 1 amide bonds. The molecule has 0 saturated heterocycles. The first kappa shape index (κ1) is 16.9. The number of hydrogen-bond acceptors (Lipinski definition) is 4. The summed E-state index contributed by atoms with van der Waals surface area (Å²) in [5.41, 5.74) is 6.06. The van der Waals surface area contributed by atoms with Crippen LogP contribution in [0.1, 0.15) is 28.4 Å². The van der Waals surface area contributed by atoms with Gasteiger partial charge in [-0.05, 0) is 29.2 Å². The van der Waals surface area contributed by atoms with Crippen LogP contribution in [-0.2, 0) is 17.8 Å². The normalized spacial score (nSPS) is 15.1. The maximum atomic E-state index is 12.7. The van der Waals surface area contributed by atoms with Gasteiger partial charge in [-0.15, -0.1) is 0 Å². The lowest BCUT2D eigenvalue weighted by atomic mass is 9.98. The van der Waals surface area contributed by atoms with E-state index >= 15 is 0 Å². The monoisotopic (exact) mass is 375 g/mol. The second-order valence-electron chi connectivity index (χ2n) is 7.33. The number of aromatic hydroxyl groups is 1. The lowest BCUT2D eigenvalue weighted by Crippen LogP contribution is -2.39. The Morgan fingerprint density at radius 1 is 1.11 bits per heavy atom. The van der Waals surface area contributed by atoms with E-state index in [1.54, 1.807) is 16.5 Å². The molecule has 2 heterocycles. The number of fused-ring (bicyclic) bond motifs is 4. The Kier molecular flexibility index (Phi) is 3.86. The molecule has 0 bridgehead atoms. The number of aryl methyl sites for hydroxylation is 1. The van der Waals surface area contributed by atoms with Gasteiger partial charge in [-0.25, -0.2) is 4.79 Å². The van der Waals surface area contributed by atoms with Crippen molar-refractivity contribution in [2.24, 2.45) is 0 Å². The van der Waals surface area contributed by atoms with Crippen LogP contribution in [0, 0.1) is 6.92 Å². The summed E-state index contributed by atoms with van der Waals surface area (Å²) < 4.78 is 7.48. The number of carbonyl (C=O) groups is 1. The number of benzene rings is 2. The van der Waals surface area contributed by atoms with Gasteiger partial charge >= 0.3 is 6.09 Å². The number of nitrogens with zero attached hydrogens (tertiary/aromatic N) is 3. The third kappa shape index (κ3) is 2.56. The summed E-state index contributed by atoms with van der Waals surface area (Å²) in [6.07, 6.45) is -0.355. The molecular weight excluding hydrogens is 354 g/mol. The van der Waals surface area contributed by atoms with E-state index in [1.807, 2.05) is 24.3 Å². The van der Waals surface area contributed by atoms with Crippen molar-refractivity contribution >= 4 is 6.09 Å². The van der Waals surface area contributed by atoms with Crippen molar-refractivity contribution in [3.63, 3.8) is 0 Å². The molecule has 3 aromatic rings. The molecule has 1 aliphatic carbocycles. The molecule has 0 spiro atoms. The van der Waals surface area contributed by atoms with Crippen LogP contribution in [0.4, 0.5) is 4.79 Å². The largest absolute Gasteiger partial charge is 0.504 e. The number of aromatic nitrogens is 2. The SMILES string of the molecule is Cc1nn2c(c1O)CN(C(=O)OCC1c3ccccc3-c3ccccc31)CC2. The maximum absolute atomic E-state index is 12.7. The number of amides is 1. The highest BCUT2D eigenvalue weighted by Crippen LogP contribution is 2.44. The van der Waals surface area contributed by atoms with E-state index in [1.165, 1.54) is 22.3 Å². The molecule has 6 heteroatoms. The molecule has 5 rings (SSSR count). The molecule has 2 aromatic carbocycles. The molecule has 1 aromatic heterocycles. The summed E-state index contributed by atoms with van der Waals surface area (Å²) >= 11 is 0. The maximum Gasteiger partial charge on any atom is 0.410 e. The van der Waals surface area contributed by atoms with Crippen molar-refractivity contribution in [1.82, 2.24) is 14.7 Å². The first-order chi connectivity index (χ1) is 13.6. The van der Waals surface area contributed by atoms with Crippen molar-refractivity contribution in [1.29, 1.82) is 0 Å². The van der Waals surface area contributed by atoms with Crippen LogP contribution in [-0.4, -0.2) is 39.0 Å². The van der Waals surface area contributed by atoms with Crippen molar-refractivity contribution in [2.75, 3.05) is 13.2 Å². The van der Waals surface area contributed by atoms with Gasteiger partial charge in [0.15, 0.2) is 5.75 Å². The second kappa shape index (κ2) is 6.41. The van der Waals surface area contributed by atoms with Crippen LogP contribution in [0.5, 0.6) is 5.75 Å². The summed E-state index contributed by atoms with van der Waals surface area (Å²) in [4.78, 5) is 14.3. The Labute approximate surface area is 163 Å². The highest BCUT2D eigenvalue weighted by Gasteiger charge is 2.31. The average molecular weight is 375 g/mol. The summed E-state index contributed by atoms with van der Waals surface area (Å²) in [7, 11) is 0. The van der Waals surface area contributed by atoms with Crippen LogP contribution >= 0.6 is 0 Å². The fourth-order valence-corrected chi connectivity index (χ4v) is 4.28. The van der Waals surface area contributed by atoms with E-state index < -0.39 is 0 Å². The molecule has 0 fully saturated rings. The molecule has 1 aliphatic heterocycles. The Morgan fingerprint density at radius 2 is 1.75 bits per heavy atom. The predicted octanol–water partition coefficient (Wildman–Crippen LogP) is 3.66. The number of rotatable bonds is 2. The summed E-state index contributed by atoms with van der Waals surface area (Å²) in [5, 5.41) is 14.4. The molecule has 0 saturated carbocycles. The molecule has 0 unspecified atom stereocenters. The van der Waals surface area contributed by atoms with Crippen LogP contribution in [0.3, 0.4) is 0 Å². The van der Waals surface area contributed by atoms with E-state index in [4.69, 9.17) is 4.74 Å².